The molecular formula is C21H19NS. The summed E-state index contributed by atoms with van der Waals surface area (Å²) < 4.78 is 0. The molecule has 1 heterocycles. The van der Waals surface area contributed by atoms with E-state index in [1.165, 1.54) is 22.3 Å². The summed E-state index contributed by atoms with van der Waals surface area (Å²) >= 11 is 1.67. The van der Waals surface area contributed by atoms with Gasteiger partial charge in [-0.25, -0.2) is 4.98 Å². The van der Waals surface area contributed by atoms with Crippen molar-refractivity contribution in [2.45, 2.75) is 13.8 Å². The summed E-state index contributed by atoms with van der Waals surface area (Å²) in [6.07, 6.45) is 6.37. The van der Waals surface area contributed by atoms with E-state index in [1.807, 2.05) is 6.07 Å². The number of aryl methyl sites for hydroxylation is 1. The maximum absolute atomic E-state index is 4.69. The molecule has 0 saturated heterocycles. The highest BCUT2D eigenvalue weighted by Crippen LogP contribution is 2.23. The molecule has 3 aromatic rings. The summed E-state index contributed by atoms with van der Waals surface area (Å²) in [6.45, 7) is 4.21. The lowest BCUT2D eigenvalue weighted by atomic mass is 10.1. The van der Waals surface area contributed by atoms with E-state index in [0.717, 1.165) is 10.7 Å². The van der Waals surface area contributed by atoms with Gasteiger partial charge in [-0.3, -0.25) is 0 Å². The molecular weight excluding hydrogens is 298 g/mol. The highest BCUT2D eigenvalue weighted by Gasteiger charge is 2.02. The summed E-state index contributed by atoms with van der Waals surface area (Å²) in [7, 11) is 0. The van der Waals surface area contributed by atoms with E-state index in [-0.39, 0.29) is 0 Å². The predicted molar refractivity (Wildman–Crippen MR) is 101 cm³/mol. The van der Waals surface area contributed by atoms with Crippen LogP contribution in [0.5, 0.6) is 0 Å². The molecule has 0 aliphatic rings. The van der Waals surface area contributed by atoms with E-state index in [2.05, 4.69) is 86.0 Å². The monoisotopic (exact) mass is 317 g/mol. The lowest BCUT2D eigenvalue weighted by Crippen LogP contribution is -1.79. The Morgan fingerprint density at radius 3 is 2.48 bits per heavy atom. The third-order valence-electron chi connectivity index (χ3n) is 3.55. The van der Waals surface area contributed by atoms with Crippen molar-refractivity contribution in [3.63, 3.8) is 0 Å². The highest BCUT2D eigenvalue weighted by molar-refractivity contribution is 7.10. The number of hydrogen-bond donors (Lipinski definition) is 0. The number of rotatable bonds is 4. The second kappa shape index (κ2) is 7.21. The van der Waals surface area contributed by atoms with E-state index in [4.69, 9.17) is 4.98 Å². The molecule has 0 unspecified atom stereocenters. The smallest absolute Gasteiger partial charge is 0.116 e. The molecule has 0 atom stereocenters. The summed E-state index contributed by atoms with van der Waals surface area (Å²) in [5.74, 6) is 0. The molecule has 0 saturated carbocycles. The zero-order valence-corrected chi connectivity index (χ0v) is 14.2. The number of thiazole rings is 1. The van der Waals surface area contributed by atoms with Crippen LogP contribution in [0.15, 0.2) is 71.6 Å². The third-order valence-corrected chi connectivity index (χ3v) is 4.36. The fourth-order valence-corrected chi connectivity index (χ4v) is 3.00. The van der Waals surface area contributed by atoms with Gasteiger partial charge in [0.05, 0.1) is 5.69 Å². The summed E-state index contributed by atoms with van der Waals surface area (Å²) in [4.78, 5) is 4.69. The minimum Gasteiger partial charge on any atom is -0.237 e. The Bertz CT molecular complexity index is 824. The molecule has 0 aliphatic carbocycles. The van der Waals surface area contributed by atoms with Crippen LogP contribution >= 0.6 is 11.3 Å². The maximum atomic E-state index is 4.69. The lowest BCUT2D eigenvalue weighted by Gasteiger charge is -1.96. The molecule has 0 fully saturated rings. The first kappa shape index (κ1) is 15.4. The topological polar surface area (TPSA) is 12.9 Å². The van der Waals surface area contributed by atoms with Gasteiger partial charge in [0.2, 0.25) is 0 Å². The van der Waals surface area contributed by atoms with Gasteiger partial charge in [-0.05, 0) is 25.5 Å². The first-order valence-corrected chi connectivity index (χ1v) is 8.53. The zero-order valence-electron chi connectivity index (χ0n) is 13.4. The molecule has 0 N–H and O–H groups in total. The van der Waals surface area contributed by atoms with Crippen molar-refractivity contribution in [2.75, 3.05) is 0 Å². The fourth-order valence-electron chi connectivity index (χ4n) is 2.28. The van der Waals surface area contributed by atoms with Crippen LogP contribution in [0.25, 0.3) is 23.4 Å². The van der Waals surface area contributed by atoms with Gasteiger partial charge in [-0.15, -0.1) is 11.3 Å². The average molecular weight is 317 g/mol. The first-order chi connectivity index (χ1) is 11.2. The van der Waals surface area contributed by atoms with Crippen LogP contribution in [0, 0.1) is 6.92 Å². The van der Waals surface area contributed by atoms with Crippen LogP contribution < -0.4 is 0 Å². The van der Waals surface area contributed by atoms with Crippen molar-refractivity contribution in [1.29, 1.82) is 0 Å². The quantitative estimate of drug-likeness (QED) is 0.519. The summed E-state index contributed by atoms with van der Waals surface area (Å²) in [6, 6.07) is 18.8. The van der Waals surface area contributed by atoms with Crippen molar-refractivity contribution in [3.8, 4) is 11.3 Å². The van der Waals surface area contributed by atoms with Gasteiger partial charge in [0, 0.05) is 10.9 Å². The highest BCUT2D eigenvalue weighted by atomic mass is 32.1. The molecule has 114 valence electrons. The molecule has 1 nitrogen and oxygen atoms in total. The van der Waals surface area contributed by atoms with Gasteiger partial charge in [0.1, 0.15) is 5.01 Å². The lowest BCUT2D eigenvalue weighted by molar-refractivity contribution is 1.37. The van der Waals surface area contributed by atoms with Crippen LogP contribution in [-0.4, -0.2) is 4.98 Å². The molecule has 0 spiro atoms. The predicted octanol–water partition coefficient (Wildman–Crippen LogP) is 6.24. The maximum Gasteiger partial charge on any atom is 0.116 e. The first-order valence-electron chi connectivity index (χ1n) is 7.65. The van der Waals surface area contributed by atoms with Gasteiger partial charge in [-0.2, -0.15) is 0 Å². The van der Waals surface area contributed by atoms with Crippen LogP contribution in [0.1, 0.15) is 23.1 Å². The van der Waals surface area contributed by atoms with Crippen molar-refractivity contribution in [1.82, 2.24) is 4.98 Å². The molecule has 0 radical (unpaired) electrons. The number of aromatic nitrogens is 1. The number of benzene rings is 2. The van der Waals surface area contributed by atoms with Crippen LogP contribution in [-0.2, 0) is 0 Å². The van der Waals surface area contributed by atoms with Gasteiger partial charge < -0.3 is 0 Å². The fraction of sp³-hybridized carbons (Fsp3) is 0.0952. The van der Waals surface area contributed by atoms with Gasteiger partial charge in [0.25, 0.3) is 0 Å². The van der Waals surface area contributed by atoms with E-state index in [1.54, 1.807) is 11.3 Å². The van der Waals surface area contributed by atoms with Crippen molar-refractivity contribution >= 4 is 23.5 Å². The largest absolute Gasteiger partial charge is 0.237 e. The SMILES string of the molecule is CC(C=Cc1nc(-c2ccc(C)cc2)cs1)=Cc1ccccc1. The Kier molecular flexibility index (Phi) is 4.84. The second-order valence-corrected chi connectivity index (χ2v) is 6.46. The minimum absolute atomic E-state index is 1.03. The Morgan fingerprint density at radius 2 is 1.74 bits per heavy atom. The van der Waals surface area contributed by atoms with E-state index in [9.17, 15) is 0 Å². The van der Waals surface area contributed by atoms with Crippen molar-refractivity contribution in [2.24, 2.45) is 0 Å². The van der Waals surface area contributed by atoms with Crippen LogP contribution in [0.3, 0.4) is 0 Å². The molecule has 2 heteroatoms. The second-order valence-electron chi connectivity index (χ2n) is 5.57. The van der Waals surface area contributed by atoms with E-state index >= 15 is 0 Å². The zero-order chi connectivity index (χ0) is 16.1. The van der Waals surface area contributed by atoms with Crippen LogP contribution in [0.4, 0.5) is 0 Å². The minimum atomic E-state index is 1.03. The molecule has 0 aliphatic heterocycles. The Balaban J connectivity index is 1.73. The average Bonchev–Trinajstić information content (AvgIpc) is 3.04. The Labute approximate surface area is 141 Å². The Morgan fingerprint density at radius 1 is 1.00 bits per heavy atom. The number of nitrogens with zero attached hydrogens (tertiary/aromatic N) is 1. The number of allylic oxidation sites excluding steroid dienone is 2. The normalized spacial score (nSPS) is 12.0. The third kappa shape index (κ3) is 4.27. The van der Waals surface area contributed by atoms with Gasteiger partial charge >= 0.3 is 0 Å². The van der Waals surface area contributed by atoms with Crippen molar-refractivity contribution in [3.05, 3.63) is 87.8 Å². The summed E-state index contributed by atoms with van der Waals surface area (Å²) in [5, 5.41) is 3.14. The van der Waals surface area contributed by atoms with Gasteiger partial charge in [0.15, 0.2) is 0 Å². The molecule has 0 bridgehead atoms. The van der Waals surface area contributed by atoms with Crippen LogP contribution in [0.2, 0.25) is 0 Å². The Hall–Kier alpha value is -2.45. The molecule has 3 rings (SSSR count). The molecule has 2 aromatic carbocycles. The summed E-state index contributed by atoms with van der Waals surface area (Å²) in [5.41, 5.74) is 5.91. The molecule has 23 heavy (non-hydrogen) atoms. The molecule has 0 amide bonds. The molecule has 1 aromatic heterocycles. The van der Waals surface area contributed by atoms with Gasteiger partial charge in [-0.1, -0.05) is 77.9 Å². The van der Waals surface area contributed by atoms with E-state index in [0.29, 0.717) is 0 Å². The van der Waals surface area contributed by atoms with Crippen molar-refractivity contribution < 1.29 is 0 Å². The number of hydrogen-bond acceptors (Lipinski definition) is 2. The van der Waals surface area contributed by atoms with E-state index < -0.39 is 0 Å². The standard InChI is InChI=1S/C21H19NS/c1-16-8-11-19(12-9-16)20-15-23-21(22-20)13-10-17(2)14-18-6-4-3-5-7-18/h3-15H,1-2H3.